The molecule has 0 heterocycles. The number of benzene rings is 1. The van der Waals surface area contributed by atoms with Crippen molar-refractivity contribution < 1.29 is 14.6 Å². The highest BCUT2D eigenvalue weighted by Gasteiger charge is 2.25. The molecular weight excluding hydrogens is 264 g/mol. The zero-order valence-electron chi connectivity index (χ0n) is 11.1. The highest BCUT2D eigenvalue weighted by Crippen LogP contribution is 2.31. The van der Waals surface area contributed by atoms with E-state index in [1.165, 1.54) is 25.3 Å². The van der Waals surface area contributed by atoms with E-state index >= 15 is 0 Å². The van der Waals surface area contributed by atoms with Gasteiger partial charge in [-0.1, -0.05) is 24.9 Å². The van der Waals surface area contributed by atoms with Crippen molar-refractivity contribution >= 4 is 17.6 Å². The average molecular weight is 283 g/mol. The molecule has 1 fully saturated rings. The van der Waals surface area contributed by atoms with Crippen molar-refractivity contribution in [3.63, 3.8) is 0 Å². The Morgan fingerprint density at radius 3 is 2.84 bits per heavy atom. The highest BCUT2D eigenvalue weighted by molar-refractivity contribution is 6.33. The molecule has 0 saturated heterocycles. The van der Waals surface area contributed by atoms with Crippen LogP contribution < -0.4 is 4.74 Å². The van der Waals surface area contributed by atoms with Crippen LogP contribution in [0, 0.1) is 5.92 Å². The van der Waals surface area contributed by atoms with Crippen molar-refractivity contribution in [1.29, 1.82) is 0 Å². The third-order valence-corrected chi connectivity index (χ3v) is 4.15. The highest BCUT2D eigenvalue weighted by atomic mass is 35.5. The lowest BCUT2D eigenvalue weighted by atomic mass is 9.85. The van der Waals surface area contributed by atoms with Gasteiger partial charge in [0.25, 0.3) is 0 Å². The number of hydrogen-bond donors (Lipinski definition) is 1. The first kappa shape index (κ1) is 14.2. The van der Waals surface area contributed by atoms with Crippen LogP contribution in [0.5, 0.6) is 5.75 Å². The van der Waals surface area contributed by atoms with Crippen LogP contribution in [0.3, 0.4) is 0 Å². The van der Waals surface area contributed by atoms with E-state index in [2.05, 4.69) is 6.92 Å². The molecule has 0 radical (unpaired) electrons. The molecule has 3 nitrogen and oxygen atoms in total. The molecule has 0 bridgehead atoms. The molecule has 0 aromatic heterocycles. The van der Waals surface area contributed by atoms with Crippen molar-refractivity contribution in [3.05, 3.63) is 28.8 Å². The Morgan fingerprint density at radius 2 is 2.16 bits per heavy atom. The normalized spacial score (nSPS) is 23.1. The zero-order valence-corrected chi connectivity index (χ0v) is 11.8. The lowest BCUT2D eigenvalue weighted by Crippen LogP contribution is -2.29. The van der Waals surface area contributed by atoms with Gasteiger partial charge in [-0.2, -0.15) is 0 Å². The van der Waals surface area contributed by atoms with Gasteiger partial charge in [0, 0.05) is 0 Å². The SMILES string of the molecule is CCC1CCCCC1Oc1ccc(Cl)c(C(=O)O)c1. The maximum Gasteiger partial charge on any atom is 0.337 e. The van der Waals surface area contributed by atoms with Gasteiger partial charge >= 0.3 is 5.97 Å². The van der Waals surface area contributed by atoms with E-state index in [0.717, 1.165) is 12.8 Å². The summed E-state index contributed by atoms with van der Waals surface area (Å²) < 4.78 is 5.98. The Balaban J connectivity index is 2.14. The largest absolute Gasteiger partial charge is 0.490 e. The monoisotopic (exact) mass is 282 g/mol. The summed E-state index contributed by atoms with van der Waals surface area (Å²) in [5.41, 5.74) is 0.100. The summed E-state index contributed by atoms with van der Waals surface area (Å²) >= 11 is 5.85. The molecule has 0 aliphatic heterocycles. The zero-order chi connectivity index (χ0) is 13.8. The summed E-state index contributed by atoms with van der Waals surface area (Å²) in [6.45, 7) is 2.18. The molecule has 19 heavy (non-hydrogen) atoms. The van der Waals surface area contributed by atoms with Gasteiger partial charge in [0.15, 0.2) is 0 Å². The number of hydrogen-bond acceptors (Lipinski definition) is 2. The molecule has 1 N–H and O–H groups in total. The number of rotatable bonds is 4. The van der Waals surface area contributed by atoms with Crippen LogP contribution in [-0.2, 0) is 0 Å². The van der Waals surface area contributed by atoms with Gasteiger partial charge in [-0.15, -0.1) is 0 Å². The fourth-order valence-corrected chi connectivity index (χ4v) is 2.91. The standard InChI is InChI=1S/C15H19ClO3/c1-2-10-5-3-4-6-14(10)19-11-7-8-13(16)12(9-11)15(17)18/h7-10,14H,2-6H2,1H3,(H,17,18). The fraction of sp³-hybridized carbons (Fsp3) is 0.533. The topological polar surface area (TPSA) is 46.5 Å². The summed E-state index contributed by atoms with van der Waals surface area (Å²) in [6, 6.07) is 4.85. The van der Waals surface area contributed by atoms with Gasteiger partial charge in [0.05, 0.1) is 10.6 Å². The van der Waals surface area contributed by atoms with Gasteiger partial charge in [-0.05, 0) is 49.8 Å². The smallest absolute Gasteiger partial charge is 0.337 e. The predicted molar refractivity (Wildman–Crippen MR) is 75.1 cm³/mol. The Morgan fingerprint density at radius 1 is 1.42 bits per heavy atom. The second kappa shape index (κ2) is 6.29. The molecule has 1 aromatic rings. The first-order chi connectivity index (χ1) is 9.11. The Kier molecular flexibility index (Phi) is 4.70. The van der Waals surface area contributed by atoms with Crippen LogP contribution in [0.25, 0.3) is 0 Å². The molecule has 104 valence electrons. The third kappa shape index (κ3) is 3.41. The third-order valence-electron chi connectivity index (χ3n) is 3.82. The molecule has 2 unspecified atom stereocenters. The average Bonchev–Trinajstić information content (AvgIpc) is 2.41. The summed E-state index contributed by atoms with van der Waals surface area (Å²) in [5.74, 6) is 0.149. The van der Waals surface area contributed by atoms with Crippen LogP contribution in [0.2, 0.25) is 5.02 Å². The van der Waals surface area contributed by atoms with E-state index in [1.54, 1.807) is 12.1 Å². The minimum absolute atomic E-state index is 0.100. The van der Waals surface area contributed by atoms with Gasteiger partial charge in [0.2, 0.25) is 0 Å². The van der Waals surface area contributed by atoms with E-state index in [1.807, 2.05) is 0 Å². The van der Waals surface area contributed by atoms with Crippen molar-refractivity contribution in [1.82, 2.24) is 0 Å². The first-order valence-corrected chi connectivity index (χ1v) is 7.19. The molecule has 1 aliphatic carbocycles. The molecular formula is C15H19ClO3. The van der Waals surface area contributed by atoms with Gasteiger partial charge in [-0.3, -0.25) is 0 Å². The lowest BCUT2D eigenvalue weighted by molar-refractivity contribution is 0.0693. The maximum absolute atomic E-state index is 11.0. The van der Waals surface area contributed by atoms with Crippen LogP contribution in [0.4, 0.5) is 0 Å². The minimum atomic E-state index is -1.02. The first-order valence-electron chi connectivity index (χ1n) is 6.81. The predicted octanol–water partition coefficient (Wildman–Crippen LogP) is 4.39. The van der Waals surface area contributed by atoms with Gasteiger partial charge < -0.3 is 9.84 Å². The quantitative estimate of drug-likeness (QED) is 0.891. The van der Waals surface area contributed by atoms with E-state index < -0.39 is 5.97 Å². The summed E-state index contributed by atoms with van der Waals surface area (Å²) in [6.07, 6.45) is 5.98. The fourth-order valence-electron chi connectivity index (χ4n) is 2.71. The maximum atomic E-state index is 11.0. The second-order valence-electron chi connectivity index (χ2n) is 5.06. The number of carboxylic acid groups (broad SMARTS) is 1. The lowest BCUT2D eigenvalue weighted by Gasteiger charge is -2.31. The van der Waals surface area contributed by atoms with Crippen LogP contribution >= 0.6 is 11.6 Å². The molecule has 4 heteroatoms. The molecule has 1 saturated carbocycles. The number of ether oxygens (including phenoxy) is 1. The molecule has 1 aromatic carbocycles. The Labute approximate surface area is 118 Å². The molecule has 1 aliphatic rings. The van der Waals surface area contributed by atoms with Gasteiger partial charge in [0.1, 0.15) is 11.9 Å². The van der Waals surface area contributed by atoms with Crippen molar-refractivity contribution in [2.75, 3.05) is 0 Å². The van der Waals surface area contributed by atoms with E-state index in [-0.39, 0.29) is 16.7 Å². The summed E-state index contributed by atoms with van der Waals surface area (Å²) in [7, 11) is 0. The van der Waals surface area contributed by atoms with Gasteiger partial charge in [-0.25, -0.2) is 4.79 Å². The van der Waals surface area contributed by atoms with Crippen molar-refractivity contribution in [2.24, 2.45) is 5.92 Å². The molecule has 2 atom stereocenters. The molecule has 0 amide bonds. The molecule has 0 spiro atoms. The summed E-state index contributed by atoms with van der Waals surface area (Å²) in [5, 5.41) is 9.30. The number of carbonyl (C=O) groups is 1. The van der Waals surface area contributed by atoms with E-state index in [9.17, 15) is 4.79 Å². The van der Waals surface area contributed by atoms with E-state index in [0.29, 0.717) is 11.7 Å². The minimum Gasteiger partial charge on any atom is -0.490 e. The molecule has 2 rings (SSSR count). The van der Waals surface area contributed by atoms with E-state index in [4.69, 9.17) is 21.4 Å². The van der Waals surface area contributed by atoms with Crippen LogP contribution in [-0.4, -0.2) is 17.2 Å². The Bertz CT molecular complexity index is 459. The number of halogens is 1. The van der Waals surface area contributed by atoms with Crippen LogP contribution in [0.1, 0.15) is 49.4 Å². The Hall–Kier alpha value is -1.22. The van der Waals surface area contributed by atoms with Crippen LogP contribution in [0.15, 0.2) is 18.2 Å². The van der Waals surface area contributed by atoms with Crippen molar-refractivity contribution in [3.8, 4) is 5.75 Å². The summed E-state index contributed by atoms with van der Waals surface area (Å²) in [4.78, 5) is 11.0. The number of carboxylic acids is 1. The number of aromatic carboxylic acids is 1. The second-order valence-corrected chi connectivity index (χ2v) is 5.46. The van der Waals surface area contributed by atoms with Crippen molar-refractivity contribution in [2.45, 2.75) is 45.1 Å².